The van der Waals surface area contributed by atoms with Gasteiger partial charge in [0.25, 0.3) is 0 Å². The van der Waals surface area contributed by atoms with E-state index < -0.39 is 20.8 Å². The molecule has 37 heavy (non-hydrogen) atoms. The standard InChI is InChI=1S/C18H31.C16H27.2ClH.Zr/c1-13(2)16-11-15-9-6-10-17(18(15)12-16)14-7-4-3-5-8-14;1-12-10-14-8-5-9-15(16(14)11-12)13-6-3-2-4-7-13;;;/h11,13-18H,3-10,12H2,1-2H3;10,12-16H,2-9,11H2,1H3;2*1H;/q2*-1;;;+4/p-2. The average Bonchev–Trinajstić information content (AvgIpc) is 3.53. The predicted molar refractivity (Wildman–Crippen MR) is 159 cm³/mol. The molecule has 6 saturated carbocycles. The molecule has 6 fully saturated rings. The number of hydrogen-bond donors (Lipinski definition) is 0. The molecule has 0 nitrogen and oxygen atoms in total. The van der Waals surface area contributed by atoms with Gasteiger partial charge in [-0.2, -0.15) is 23.7 Å². The van der Waals surface area contributed by atoms with Crippen LogP contribution in [0, 0.1) is 77.9 Å². The fourth-order valence-corrected chi connectivity index (χ4v) is 10.3. The summed E-state index contributed by atoms with van der Waals surface area (Å²) >= 11 is -0.826. The van der Waals surface area contributed by atoms with Crippen LogP contribution in [0.4, 0.5) is 0 Å². The summed E-state index contributed by atoms with van der Waals surface area (Å²) in [4.78, 5) is 0. The maximum absolute atomic E-state index is 4.93. The molecule has 0 bridgehead atoms. The Hall–Kier alpha value is 1.46. The summed E-state index contributed by atoms with van der Waals surface area (Å²) in [5.41, 5.74) is 0. The van der Waals surface area contributed by atoms with E-state index in [1.807, 2.05) is 0 Å². The Kier molecular flexibility index (Phi) is 13.7. The van der Waals surface area contributed by atoms with Gasteiger partial charge in [0.15, 0.2) is 0 Å². The molecule has 0 aliphatic heterocycles. The van der Waals surface area contributed by atoms with Gasteiger partial charge in [0.2, 0.25) is 0 Å². The van der Waals surface area contributed by atoms with E-state index in [2.05, 4.69) is 33.6 Å². The third kappa shape index (κ3) is 8.73. The molecule has 0 aromatic carbocycles. The van der Waals surface area contributed by atoms with Crippen molar-refractivity contribution >= 4 is 17.0 Å². The van der Waals surface area contributed by atoms with Crippen LogP contribution in [-0.2, 0) is 20.8 Å². The molecule has 6 rings (SSSR count). The van der Waals surface area contributed by atoms with Crippen molar-refractivity contribution in [2.24, 2.45) is 65.1 Å². The molecule has 0 N–H and O–H groups in total. The van der Waals surface area contributed by atoms with Crippen molar-refractivity contribution in [3.63, 3.8) is 0 Å². The van der Waals surface area contributed by atoms with E-state index >= 15 is 0 Å². The third-order valence-electron chi connectivity index (χ3n) is 12.0. The first kappa shape index (κ1) is 31.4. The minimum absolute atomic E-state index is 0.826. The van der Waals surface area contributed by atoms with E-state index in [4.69, 9.17) is 17.0 Å². The fraction of sp³-hybridized carbons (Fsp3) is 0.941. The second-order valence-electron chi connectivity index (χ2n) is 14.5. The van der Waals surface area contributed by atoms with Gasteiger partial charge in [0.05, 0.1) is 0 Å². The van der Waals surface area contributed by atoms with E-state index in [1.54, 1.807) is 38.5 Å². The van der Waals surface area contributed by atoms with Gasteiger partial charge < -0.3 is 12.8 Å². The zero-order valence-electron chi connectivity index (χ0n) is 24.5. The van der Waals surface area contributed by atoms with Crippen LogP contribution in [-0.4, -0.2) is 0 Å². The zero-order chi connectivity index (χ0) is 26.2. The first-order chi connectivity index (χ1) is 18.0. The van der Waals surface area contributed by atoms with E-state index in [-0.39, 0.29) is 0 Å². The summed E-state index contributed by atoms with van der Waals surface area (Å²) in [6, 6.07) is 0. The van der Waals surface area contributed by atoms with Crippen LogP contribution in [0.5, 0.6) is 0 Å². The van der Waals surface area contributed by atoms with Crippen LogP contribution in [0.2, 0.25) is 0 Å². The monoisotopic (exact) mass is 626 g/mol. The SMILES string of the molecule is CC(C)C1[CH-]C2CCCC(C3CCCCC3)C2C1.CC1[CH-]C2CCCC(C3CCCCC3)C2C1.[Cl][Zr+2][Cl]. The summed E-state index contributed by atoms with van der Waals surface area (Å²) < 4.78 is 0. The molecule has 3 heteroatoms. The van der Waals surface area contributed by atoms with Gasteiger partial charge in [0.1, 0.15) is 0 Å². The van der Waals surface area contributed by atoms with Crippen LogP contribution < -0.4 is 0 Å². The molecule has 0 radical (unpaired) electrons. The molecular weight excluding hydrogens is 571 g/mol. The Morgan fingerprint density at radius 2 is 1.03 bits per heavy atom. The zero-order valence-corrected chi connectivity index (χ0v) is 28.5. The van der Waals surface area contributed by atoms with Crippen molar-refractivity contribution < 1.29 is 20.8 Å². The molecule has 212 valence electrons. The van der Waals surface area contributed by atoms with Crippen molar-refractivity contribution in [3.8, 4) is 0 Å². The van der Waals surface area contributed by atoms with E-state index in [9.17, 15) is 0 Å². The van der Waals surface area contributed by atoms with Gasteiger partial charge >= 0.3 is 37.9 Å². The molecule has 0 spiro atoms. The second kappa shape index (κ2) is 16.2. The van der Waals surface area contributed by atoms with Crippen molar-refractivity contribution in [2.45, 2.75) is 136 Å². The Morgan fingerprint density at radius 3 is 1.51 bits per heavy atom. The van der Waals surface area contributed by atoms with E-state index in [0.717, 1.165) is 65.1 Å². The van der Waals surface area contributed by atoms with Crippen molar-refractivity contribution in [2.75, 3.05) is 0 Å². The Morgan fingerprint density at radius 1 is 0.568 bits per heavy atom. The number of rotatable bonds is 3. The number of fused-ring (bicyclic) bond motifs is 2. The van der Waals surface area contributed by atoms with E-state index in [0.29, 0.717) is 0 Å². The Labute approximate surface area is 250 Å². The van der Waals surface area contributed by atoms with Crippen LogP contribution in [0.3, 0.4) is 0 Å². The third-order valence-corrected chi connectivity index (χ3v) is 12.0. The molecule has 8 unspecified atom stereocenters. The molecular formula is C34H58Cl2Zr. The average molecular weight is 629 g/mol. The molecule has 6 aliphatic carbocycles. The summed E-state index contributed by atoms with van der Waals surface area (Å²) in [6.45, 7) is 7.29. The summed E-state index contributed by atoms with van der Waals surface area (Å²) in [7, 11) is 9.87. The van der Waals surface area contributed by atoms with Crippen LogP contribution in [0.25, 0.3) is 0 Å². The predicted octanol–water partition coefficient (Wildman–Crippen LogP) is 11.7. The van der Waals surface area contributed by atoms with Gasteiger partial charge in [-0.05, 0) is 23.7 Å². The van der Waals surface area contributed by atoms with Gasteiger partial charge in [0, 0.05) is 0 Å². The Balaban J connectivity index is 0.000000157. The van der Waals surface area contributed by atoms with Crippen LogP contribution in [0.1, 0.15) is 136 Å². The molecule has 6 aliphatic rings. The Bertz CT molecular complexity index is 625. The normalized spacial score (nSPS) is 40.5. The number of hydrogen-bond acceptors (Lipinski definition) is 0. The molecule has 0 amide bonds. The quantitative estimate of drug-likeness (QED) is 0.273. The molecule has 0 aromatic heterocycles. The topological polar surface area (TPSA) is 0 Å². The summed E-state index contributed by atoms with van der Waals surface area (Å²) in [5.74, 6) is 11.3. The summed E-state index contributed by atoms with van der Waals surface area (Å²) in [6.07, 6.45) is 33.0. The fourth-order valence-electron chi connectivity index (χ4n) is 10.3. The minimum atomic E-state index is -0.826. The van der Waals surface area contributed by atoms with Crippen molar-refractivity contribution in [3.05, 3.63) is 12.8 Å². The summed E-state index contributed by atoms with van der Waals surface area (Å²) in [5, 5.41) is 0. The van der Waals surface area contributed by atoms with Gasteiger partial charge in [-0.15, -0.1) is 0 Å². The van der Waals surface area contributed by atoms with Crippen molar-refractivity contribution in [1.29, 1.82) is 0 Å². The molecule has 0 saturated heterocycles. The first-order valence-electron chi connectivity index (χ1n) is 16.7. The first-order valence-corrected chi connectivity index (χ1v) is 23.0. The molecule has 8 atom stereocenters. The number of halogens is 2. The van der Waals surface area contributed by atoms with Gasteiger partial charge in [-0.25, -0.2) is 0 Å². The van der Waals surface area contributed by atoms with Crippen LogP contribution in [0.15, 0.2) is 0 Å². The maximum atomic E-state index is 4.93. The van der Waals surface area contributed by atoms with Crippen molar-refractivity contribution in [1.82, 2.24) is 0 Å². The molecule has 0 aromatic rings. The van der Waals surface area contributed by atoms with Gasteiger partial charge in [-0.1, -0.05) is 154 Å². The van der Waals surface area contributed by atoms with Crippen LogP contribution >= 0.6 is 17.0 Å². The van der Waals surface area contributed by atoms with E-state index in [1.165, 1.54) is 77.0 Å². The second-order valence-corrected chi connectivity index (χ2v) is 18.2. The van der Waals surface area contributed by atoms with Gasteiger partial charge in [-0.3, -0.25) is 0 Å². The molecule has 0 heterocycles.